The molecule has 1 heterocycles. The van der Waals surface area contributed by atoms with Gasteiger partial charge in [0.05, 0.1) is 12.1 Å². The predicted molar refractivity (Wildman–Crippen MR) is 100 cm³/mol. The van der Waals surface area contributed by atoms with Gasteiger partial charge in [-0.25, -0.2) is 9.78 Å². The molecule has 1 unspecified atom stereocenters. The Morgan fingerprint density at radius 2 is 1.96 bits per heavy atom. The lowest BCUT2D eigenvalue weighted by molar-refractivity contribution is -0.142. The van der Waals surface area contributed by atoms with Gasteiger partial charge in [-0.3, -0.25) is 9.59 Å². The summed E-state index contributed by atoms with van der Waals surface area (Å²) in [5.74, 6) is -1.21. The molecule has 1 saturated carbocycles. The van der Waals surface area contributed by atoms with E-state index >= 15 is 0 Å². The second kappa shape index (κ2) is 9.66. The molecule has 0 aromatic carbocycles. The second-order valence-electron chi connectivity index (χ2n) is 7.23. The molecule has 1 atom stereocenters. The topological polar surface area (TPSA) is 108 Å². The number of nitrogens with one attached hydrogen (secondary N) is 2. The molecule has 2 amide bonds. The highest BCUT2D eigenvalue weighted by Gasteiger charge is 2.23. The summed E-state index contributed by atoms with van der Waals surface area (Å²) in [7, 11) is 0. The summed E-state index contributed by atoms with van der Waals surface area (Å²) in [4.78, 5) is 39.8. The minimum absolute atomic E-state index is 0.00192. The minimum Gasteiger partial charge on any atom is -0.480 e. The molecule has 0 bridgehead atoms. The van der Waals surface area contributed by atoms with E-state index in [1.807, 2.05) is 13.8 Å². The molecule has 144 valence electrons. The molecule has 7 nitrogen and oxygen atoms in total. The van der Waals surface area contributed by atoms with E-state index in [-0.39, 0.29) is 30.1 Å². The number of aromatic nitrogens is 1. The van der Waals surface area contributed by atoms with Crippen molar-refractivity contribution in [2.24, 2.45) is 11.8 Å². The van der Waals surface area contributed by atoms with Crippen LogP contribution < -0.4 is 10.6 Å². The highest BCUT2D eigenvalue weighted by molar-refractivity contribution is 7.13. The standard InChI is InChI=1S/C18H27N3O4S/c1-11(2)8-14(17(24)25)20-15(22)9-13-10-26-18(19-13)21-16(23)12-6-4-3-5-7-12/h10-12,14H,3-9H2,1-2H3,(H,20,22)(H,24,25)(H,19,21,23). The van der Waals surface area contributed by atoms with Crippen molar-refractivity contribution in [3.05, 3.63) is 11.1 Å². The monoisotopic (exact) mass is 381 g/mol. The number of hydrogen-bond acceptors (Lipinski definition) is 5. The number of aliphatic carboxylic acids is 1. The third-order valence-corrected chi connectivity index (χ3v) is 5.25. The molecule has 8 heteroatoms. The third kappa shape index (κ3) is 6.40. The Kier molecular flexibility index (Phi) is 7.56. The fourth-order valence-corrected chi connectivity index (χ4v) is 3.83. The zero-order valence-electron chi connectivity index (χ0n) is 15.3. The van der Waals surface area contributed by atoms with E-state index in [4.69, 9.17) is 0 Å². The molecule has 1 aromatic rings. The Morgan fingerprint density at radius 1 is 1.27 bits per heavy atom. The summed E-state index contributed by atoms with van der Waals surface area (Å²) in [6.07, 6.45) is 5.57. The van der Waals surface area contributed by atoms with E-state index in [0.29, 0.717) is 17.2 Å². The van der Waals surface area contributed by atoms with E-state index in [9.17, 15) is 19.5 Å². The van der Waals surface area contributed by atoms with E-state index in [1.54, 1.807) is 5.38 Å². The number of rotatable bonds is 8. The number of carbonyl (C=O) groups excluding carboxylic acids is 2. The maximum atomic E-state index is 12.2. The first kappa shape index (κ1) is 20.4. The molecule has 3 N–H and O–H groups in total. The number of thiazole rings is 1. The zero-order valence-corrected chi connectivity index (χ0v) is 16.1. The Bertz CT molecular complexity index is 638. The van der Waals surface area contributed by atoms with Gasteiger partial charge in [-0.05, 0) is 25.2 Å². The summed E-state index contributed by atoms with van der Waals surface area (Å²) in [5.41, 5.74) is 0.528. The number of nitrogens with zero attached hydrogens (tertiary/aromatic N) is 1. The predicted octanol–water partition coefficient (Wildman–Crippen LogP) is 2.82. The van der Waals surface area contributed by atoms with E-state index in [0.717, 1.165) is 25.7 Å². The van der Waals surface area contributed by atoms with E-state index < -0.39 is 12.0 Å². The fraction of sp³-hybridized carbons (Fsp3) is 0.667. The van der Waals surface area contributed by atoms with Gasteiger partial charge in [0.25, 0.3) is 0 Å². The van der Waals surface area contributed by atoms with Crippen molar-refractivity contribution in [1.29, 1.82) is 0 Å². The molecular formula is C18H27N3O4S. The van der Waals surface area contributed by atoms with Crippen LogP contribution in [0.1, 0.15) is 58.1 Å². The molecule has 0 aliphatic heterocycles. The van der Waals surface area contributed by atoms with Crippen molar-refractivity contribution in [3.63, 3.8) is 0 Å². The van der Waals surface area contributed by atoms with Crippen molar-refractivity contribution in [1.82, 2.24) is 10.3 Å². The molecule has 0 spiro atoms. The number of carboxylic acids is 1. The second-order valence-corrected chi connectivity index (χ2v) is 8.09. The Balaban J connectivity index is 1.85. The van der Waals surface area contributed by atoms with Crippen molar-refractivity contribution in [2.45, 2.75) is 64.8 Å². The summed E-state index contributed by atoms with van der Waals surface area (Å²) in [6.45, 7) is 3.81. The highest BCUT2D eigenvalue weighted by atomic mass is 32.1. The van der Waals surface area contributed by atoms with E-state index in [2.05, 4.69) is 15.6 Å². The Morgan fingerprint density at radius 3 is 2.58 bits per heavy atom. The van der Waals surface area contributed by atoms with Gasteiger partial charge in [-0.15, -0.1) is 11.3 Å². The van der Waals surface area contributed by atoms with Crippen LogP contribution in [-0.4, -0.2) is 33.9 Å². The SMILES string of the molecule is CC(C)CC(NC(=O)Cc1csc(NC(=O)C2CCCCC2)n1)C(=O)O. The van der Waals surface area contributed by atoms with Gasteiger partial charge in [0.2, 0.25) is 11.8 Å². The summed E-state index contributed by atoms with van der Waals surface area (Å²) in [5, 5.41) is 16.8. The molecule has 0 radical (unpaired) electrons. The van der Waals surface area contributed by atoms with Crippen LogP contribution in [0.4, 0.5) is 5.13 Å². The number of carbonyl (C=O) groups is 3. The molecule has 26 heavy (non-hydrogen) atoms. The van der Waals surface area contributed by atoms with Gasteiger partial charge in [0.1, 0.15) is 6.04 Å². The summed E-state index contributed by atoms with van der Waals surface area (Å²) >= 11 is 1.28. The van der Waals surface area contributed by atoms with Crippen molar-refractivity contribution >= 4 is 34.3 Å². The smallest absolute Gasteiger partial charge is 0.326 e. The molecule has 2 rings (SSSR count). The van der Waals surface area contributed by atoms with Crippen LogP contribution in [0.15, 0.2) is 5.38 Å². The fourth-order valence-electron chi connectivity index (χ4n) is 3.12. The van der Waals surface area contributed by atoms with Crippen LogP contribution in [0.2, 0.25) is 0 Å². The maximum absolute atomic E-state index is 12.2. The average Bonchev–Trinajstić information content (AvgIpc) is 3.01. The van der Waals surface area contributed by atoms with Crippen LogP contribution in [0.25, 0.3) is 0 Å². The lowest BCUT2D eigenvalue weighted by atomic mass is 9.89. The highest BCUT2D eigenvalue weighted by Crippen LogP contribution is 2.25. The van der Waals surface area contributed by atoms with Crippen molar-refractivity contribution < 1.29 is 19.5 Å². The van der Waals surface area contributed by atoms with Gasteiger partial charge in [0.15, 0.2) is 5.13 Å². The van der Waals surface area contributed by atoms with Gasteiger partial charge in [-0.2, -0.15) is 0 Å². The van der Waals surface area contributed by atoms with Gasteiger partial charge >= 0.3 is 5.97 Å². The number of hydrogen-bond donors (Lipinski definition) is 3. The Labute approximate surface area is 157 Å². The molecule has 1 aliphatic rings. The van der Waals surface area contributed by atoms with Crippen LogP contribution in [0.3, 0.4) is 0 Å². The third-order valence-electron chi connectivity index (χ3n) is 4.44. The van der Waals surface area contributed by atoms with Gasteiger partial charge < -0.3 is 15.7 Å². The average molecular weight is 381 g/mol. The number of carboxylic acid groups (broad SMARTS) is 1. The molecule has 0 saturated heterocycles. The first-order valence-corrected chi connectivity index (χ1v) is 10.0. The maximum Gasteiger partial charge on any atom is 0.326 e. The largest absolute Gasteiger partial charge is 0.480 e. The number of amides is 2. The zero-order chi connectivity index (χ0) is 19.1. The van der Waals surface area contributed by atoms with Crippen LogP contribution in [0, 0.1) is 11.8 Å². The normalized spacial score (nSPS) is 16.3. The first-order chi connectivity index (χ1) is 12.3. The minimum atomic E-state index is -1.04. The van der Waals surface area contributed by atoms with E-state index in [1.165, 1.54) is 17.8 Å². The van der Waals surface area contributed by atoms with Crippen LogP contribution in [0.5, 0.6) is 0 Å². The van der Waals surface area contributed by atoms with Crippen LogP contribution >= 0.6 is 11.3 Å². The Hall–Kier alpha value is -1.96. The summed E-state index contributed by atoms with van der Waals surface area (Å²) in [6, 6.07) is -0.897. The van der Waals surface area contributed by atoms with Crippen molar-refractivity contribution in [2.75, 3.05) is 5.32 Å². The van der Waals surface area contributed by atoms with Crippen molar-refractivity contribution in [3.8, 4) is 0 Å². The van der Waals surface area contributed by atoms with Gasteiger partial charge in [0, 0.05) is 11.3 Å². The molecule has 1 aliphatic carbocycles. The van der Waals surface area contributed by atoms with Gasteiger partial charge in [-0.1, -0.05) is 33.1 Å². The lowest BCUT2D eigenvalue weighted by Crippen LogP contribution is -2.42. The van der Waals surface area contributed by atoms with Crippen LogP contribution in [-0.2, 0) is 20.8 Å². The molecular weight excluding hydrogens is 354 g/mol. The molecule has 1 fully saturated rings. The first-order valence-electron chi connectivity index (χ1n) is 9.12. The number of anilines is 1. The quantitative estimate of drug-likeness (QED) is 0.642. The molecule has 1 aromatic heterocycles. The lowest BCUT2D eigenvalue weighted by Gasteiger charge is -2.19. The summed E-state index contributed by atoms with van der Waals surface area (Å²) < 4.78 is 0.